The Bertz CT molecular complexity index is 1050. The van der Waals surface area contributed by atoms with Gasteiger partial charge in [0.1, 0.15) is 0 Å². The maximum absolute atomic E-state index is 12.8. The highest BCUT2D eigenvalue weighted by atomic mass is 35.5. The van der Waals surface area contributed by atoms with Crippen LogP contribution in [0.1, 0.15) is 41.9 Å². The van der Waals surface area contributed by atoms with Gasteiger partial charge < -0.3 is 14.7 Å². The second-order valence-corrected chi connectivity index (χ2v) is 7.75. The smallest absolute Gasteiger partial charge is 0.253 e. The van der Waals surface area contributed by atoms with Gasteiger partial charge in [-0.3, -0.25) is 9.59 Å². The first-order chi connectivity index (χ1) is 14.5. The lowest BCUT2D eigenvalue weighted by Crippen LogP contribution is -2.39. The van der Waals surface area contributed by atoms with Crippen LogP contribution in [-0.2, 0) is 4.79 Å². The Kier molecular flexibility index (Phi) is 5.81. The molecule has 0 spiro atoms. The normalized spacial score (nSPS) is 16.3. The van der Waals surface area contributed by atoms with E-state index < -0.39 is 0 Å². The summed E-state index contributed by atoms with van der Waals surface area (Å²) in [4.78, 5) is 30.3. The summed E-state index contributed by atoms with van der Waals surface area (Å²) in [6.45, 7) is 2.69. The van der Waals surface area contributed by atoms with E-state index in [1.54, 1.807) is 36.4 Å². The zero-order valence-corrected chi connectivity index (χ0v) is 17.2. The van der Waals surface area contributed by atoms with Crippen LogP contribution in [0.4, 0.5) is 5.69 Å². The number of nitrogens with one attached hydrogen (secondary N) is 1. The van der Waals surface area contributed by atoms with Gasteiger partial charge in [0.2, 0.25) is 17.6 Å². The minimum atomic E-state index is -0.125. The predicted molar refractivity (Wildman–Crippen MR) is 113 cm³/mol. The van der Waals surface area contributed by atoms with E-state index in [-0.39, 0.29) is 17.7 Å². The van der Waals surface area contributed by atoms with Gasteiger partial charge in [0.05, 0.1) is 5.92 Å². The monoisotopic (exact) mass is 424 g/mol. The Morgan fingerprint density at radius 1 is 1.13 bits per heavy atom. The number of amides is 2. The topological polar surface area (TPSA) is 88.3 Å². The van der Waals surface area contributed by atoms with Gasteiger partial charge in [-0.2, -0.15) is 4.98 Å². The summed E-state index contributed by atoms with van der Waals surface area (Å²) in [7, 11) is 0. The van der Waals surface area contributed by atoms with Crippen molar-refractivity contribution < 1.29 is 14.1 Å². The van der Waals surface area contributed by atoms with Crippen LogP contribution in [0.15, 0.2) is 53.1 Å². The van der Waals surface area contributed by atoms with Crippen molar-refractivity contribution in [1.29, 1.82) is 0 Å². The molecule has 2 heterocycles. The Balaban J connectivity index is 1.45. The number of aromatic nitrogens is 2. The molecule has 154 valence electrons. The van der Waals surface area contributed by atoms with Crippen molar-refractivity contribution in [2.45, 2.75) is 25.7 Å². The number of hydrogen-bond acceptors (Lipinski definition) is 5. The van der Waals surface area contributed by atoms with E-state index in [4.69, 9.17) is 16.1 Å². The molecule has 1 saturated heterocycles. The first kappa shape index (κ1) is 20.1. The SMILES string of the molecule is CC(=O)Nc1ccc(-c2noc([C@H]3CCCN(C(=O)c4ccc(Cl)cc4)C3)n2)cc1. The molecule has 1 N–H and O–H groups in total. The van der Waals surface area contributed by atoms with Crippen LogP contribution in [0.25, 0.3) is 11.4 Å². The van der Waals surface area contributed by atoms with Gasteiger partial charge in [-0.05, 0) is 61.4 Å². The number of anilines is 1. The van der Waals surface area contributed by atoms with Gasteiger partial charge in [0, 0.05) is 41.9 Å². The molecule has 2 amide bonds. The van der Waals surface area contributed by atoms with Crippen LogP contribution >= 0.6 is 11.6 Å². The van der Waals surface area contributed by atoms with Gasteiger partial charge >= 0.3 is 0 Å². The number of piperidine rings is 1. The molecule has 7 nitrogen and oxygen atoms in total. The number of hydrogen-bond donors (Lipinski definition) is 1. The minimum absolute atomic E-state index is 0.00472. The second-order valence-electron chi connectivity index (χ2n) is 7.31. The summed E-state index contributed by atoms with van der Waals surface area (Å²) in [5.74, 6) is 0.865. The molecule has 0 radical (unpaired) electrons. The van der Waals surface area contributed by atoms with E-state index in [9.17, 15) is 9.59 Å². The molecule has 1 atom stereocenters. The standard InChI is InChI=1S/C22H21ClN4O3/c1-14(28)24-19-10-6-15(7-11-19)20-25-21(30-26-20)17-3-2-12-27(13-17)22(29)16-4-8-18(23)9-5-16/h4-11,17H,2-3,12-13H2,1H3,(H,24,28)/t17-/m0/s1. The van der Waals surface area contributed by atoms with Crippen molar-refractivity contribution >= 4 is 29.1 Å². The highest BCUT2D eigenvalue weighted by Gasteiger charge is 2.29. The molecule has 8 heteroatoms. The van der Waals surface area contributed by atoms with E-state index in [2.05, 4.69) is 15.5 Å². The second kappa shape index (κ2) is 8.67. The van der Waals surface area contributed by atoms with Gasteiger partial charge in [0.25, 0.3) is 5.91 Å². The zero-order valence-electron chi connectivity index (χ0n) is 16.5. The van der Waals surface area contributed by atoms with E-state index in [1.165, 1.54) is 6.92 Å². The van der Waals surface area contributed by atoms with Gasteiger partial charge in [-0.1, -0.05) is 16.8 Å². The van der Waals surface area contributed by atoms with E-state index in [0.29, 0.717) is 41.1 Å². The molecule has 1 fully saturated rings. The number of halogens is 1. The lowest BCUT2D eigenvalue weighted by Gasteiger charge is -2.31. The summed E-state index contributed by atoms with van der Waals surface area (Å²) in [6, 6.07) is 14.2. The predicted octanol–water partition coefficient (Wildman–Crippen LogP) is 4.37. The molecular weight excluding hydrogens is 404 g/mol. The lowest BCUT2D eigenvalue weighted by atomic mass is 9.97. The van der Waals surface area contributed by atoms with Crippen LogP contribution in [0.3, 0.4) is 0 Å². The van der Waals surface area contributed by atoms with Crippen LogP contribution in [0, 0.1) is 0 Å². The Morgan fingerprint density at radius 3 is 2.57 bits per heavy atom. The molecule has 4 rings (SSSR count). The van der Waals surface area contributed by atoms with Crippen molar-refractivity contribution in [3.8, 4) is 11.4 Å². The third-order valence-corrected chi connectivity index (χ3v) is 5.31. The van der Waals surface area contributed by atoms with E-state index >= 15 is 0 Å². The van der Waals surface area contributed by atoms with Crippen molar-refractivity contribution in [2.24, 2.45) is 0 Å². The van der Waals surface area contributed by atoms with Crippen molar-refractivity contribution in [1.82, 2.24) is 15.0 Å². The summed E-state index contributed by atoms with van der Waals surface area (Å²) < 4.78 is 5.52. The first-order valence-corrected chi connectivity index (χ1v) is 10.1. The maximum Gasteiger partial charge on any atom is 0.253 e. The molecular formula is C22H21ClN4O3. The highest BCUT2D eigenvalue weighted by molar-refractivity contribution is 6.30. The number of nitrogens with zero attached hydrogens (tertiary/aromatic N) is 3. The summed E-state index contributed by atoms with van der Waals surface area (Å²) >= 11 is 5.92. The molecule has 0 aliphatic carbocycles. The highest BCUT2D eigenvalue weighted by Crippen LogP contribution is 2.29. The average Bonchev–Trinajstić information content (AvgIpc) is 3.24. The third-order valence-electron chi connectivity index (χ3n) is 5.05. The molecule has 2 aromatic carbocycles. The molecule has 1 aromatic heterocycles. The van der Waals surface area contributed by atoms with Gasteiger partial charge in [-0.15, -0.1) is 0 Å². The number of rotatable bonds is 4. The molecule has 0 saturated carbocycles. The minimum Gasteiger partial charge on any atom is -0.339 e. The number of likely N-dealkylation sites (tertiary alicyclic amines) is 1. The average molecular weight is 425 g/mol. The summed E-state index contributed by atoms with van der Waals surface area (Å²) in [5, 5.41) is 7.43. The van der Waals surface area contributed by atoms with Crippen molar-refractivity contribution in [3.05, 3.63) is 65.0 Å². The fourth-order valence-corrected chi connectivity index (χ4v) is 3.69. The van der Waals surface area contributed by atoms with Gasteiger partial charge in [-0.25, -0.2) is 0 Å². The molecule has 0 bridgehead atoms. The fourth-order valence-electron chi connectivity index (χ4n) is 3.56. The molecule has 1 aliphatic heterocycles. The van der Waals surface area contributed by atoms with Crippen LogP contribution in [-0.4, -0.2) is 39.9 Å². The number of carbonyl (C=O) groups excluding carboxylic acids is 2. The number of carbonyl (C=O) groups is 2. The van der Waals surface area contributed by atoms with Crippen LogP contribution in [0.2, 0.25) is 5.02 Å². The summed E-state index contributed by atoms with van der Waals surface area (Å²) in [6.07, 6.45) is 1.75. The number of benzene rings is 2. The third kappa shape index (κ3) is 4.52. The Labute approximate surface area is 179 Å². The van der Waals surface area contributed by atoms with Crippen molar-refractivity contribution in [3.63, 3.8) is 0 Å². The van der Waals surface area contributed by atoms with E-state index in [0.717, 1.165) is 18.4 Å². The quantitative estimate of drug-likeness (QED) is 0.671. The Hall–Kier alpha value is -3.19. The molecule has 3 aromatic rings. The van der Waals surface area contributed by atoms with Crippen LogP contribution < -0.4 is 5.32 Å². The van der Waals surface area contributed by atoms with Crippen molar-refractivity contribution in [2.75, 3.05) is 18.4 Å². The molecule has 0 unspecified atom stereocenters. The Morgan fingerprint density at radius 2 is 1.87 bits per heavy atom. The first-order valence-electron chi connectivity index (χ1n) is 9.76. The van der Waals surface area contributed by atoms with Gasteiger partial charge in [0.15, 0.2) is 0 Å². The zero-order chi connectivity index (χ0) is 21.1. The van der Waals surface area contributed by atoms with E-state index in [1.807, 2.05) is 17.0 Å². The van der Waals surface area contributed by atoms with Crippen LogP contribution in [0.5, 0.6) is 0 Å². The summed E-state index contributed by atoms with van der Waals surface area (Å²) in [5.41, 5.74) is 2.12. The fraction of sp³-hybridized carbons (Fsp3) is 0.273. The largest absolute Gasteiger partial charge is 0.339 e. The lowest BCUT2D eigenvalue weighted by molar-refractivity contribution is -0.114. The maximum atomic E-state index is 12.8. The molecule has 30 heavy (non-hydrogen) atoms. The molecule has 1 aliphatic rings.